The van der Waals surface area contributed by atoms with Crippen LogP contribution < -0.4 is 5.32 Å². The molecule has 0 spiro atoms. The van der Waals surface area contributed by atoms with Gasteiger partial charge in [-0.05, 0) is 36.6 Å². The van der Waals surface area contributed by atoms with Crippen molar-refractivity contribution in [2.45, 2.75) is 19.8 Å². The number of nitriles is 1. The second kappa shape index (κ2) is 7.95. The number of pyridine rings is 1. The molecule has 142 valence electrons. The Kier molecular flexibility index (Phi) is 5.04. The average molecular weight is 381 g/mol. The molecule has 0 aliphatic carbocycles. The number of nitrogens with zero attached hydrogens (tertiary/aromatic N) is 4. The standard InChI is InChI=1S/C23H19N5O/c1-16-13-21(26-20-10-6-5-9-19(16)20)28-23(18(14-24)15-25-28)27-22(29)12-11-17-7-3-2-4-8-17/h2-10,13,15H,11-12H2,1H3,(H,27,29). The van der Waals surface area contributed by atoms with E-state index >= 15 is 0 Å². The van der Waals surface area contributed by atoms with Gasteiger partial charge in [0.05, 0.1) is 11.7 Å². The van der Waals surface area contributed by atoms with Gasteiger partial charge in [-0.2, -0.15) is 15.0 Å². The highest BCUT2D eigenvalue weighted by molar-refractivity contribution is 5.91. The summed E-state index contributed by atoms with van der Waals surface area (Å²) in [5.74, 6) is 0.721. The van der Waals surface area contributed by atoms with Crippen LogP contribution in [-0.4, -0.2) is 20.7 Å². The second-order valence-electron chi connectivity index (χ2n) is 6.78. The third kappa shape index (κ3) is 3.85. The van der Waals surface area contributed by atoms with Crippen molar-refractivity contribution in [2.75, 3.05) is 5.32 Å². The Labute approximate surface area is 168 Å². The number of rotatable bonds is 5. The SMILES string of the molecule is Cc1cc(-n2ncc(C#N)c2NC(=O)CCc2ccccc2)nc2ccccc12. The molecule has 0 aliphatic rings. The van der Waals surface area contributed by atoms with E-state index in [4.69, 9.17) is 0 Å². The number of aromatic nitrogens is 3. The molecule has 1 N–H and O–H groups in total. The third-order valence-corrected chi connectivity index (χ3v) is 4.76. The highest BCUT2D eigenvalue weighted by atomic mass is 16.1. The van der Waals surface area contributed by atoms with Crippen LogP contribution in [0.25, 0.3) is 16.7 Å². The van der Waals surface area contributed by atoms with Gasteiger partial charge >= 0.3 is 0 Å². The number of benzene rings is 2. The lowest BCUT2D eigenvalue weighted by molar-refractivity contribution is -0.116. The van der Waals surface area contributed by atoms with Crippen molar-refractivity contribution in [3.8, 4) is 11.9 Å². The summed E-state index contributed by atoms with van der Waals surface area (Å²) in [6.45, 7) is 2.00. The summed E-state index contributed by atoms with van der Waals surface area (Å²) in [6, 6.07) is 21.6. The van der Waals surface area contributed by atoms with Gasteiger partial charge in [0.1, 0.15) is 11.6 Å². The molecular formula is C23H19N5O. The molecule has 0 atom stereocenters. The van der Waals surface area contributed by atoms with Gasteiger partial charge in [0.15, 0.2) is 11.6 Å². The predicted molar refractivity (Wildman–Crippen MR) is 112 cm³/mol. The molecule has 0 saturated carbocycles. The highest BCUT2D eigenvalue weighted by Gasteiger charge is 2.17. The van der Waals surface area contributed by atoms with Crippen LogP contribution in [-0.2, 0) is 11.2 Å². The van der Waals surface area contributed by atoms with Crippen LogP contribution in [0, 0.1) is 18.3 Å². The number of hydrogen-bond donors (Lipinski definition) is 1. The zero-order chi connectivity index (χ0) is 20.2. The summed E-state index contributed by atoms with van der Waals surface area (Å²) in [5, 5.41) is 17.6. The number of carbonyl (C=O) groups excluding carboxylic acids is 1. The lowest BCUT2D eigenvalue weighted by Crippen LogP contribution is -2.17. The Morgan fingerprint density at radius 3 is 2.69 bits per heavy atom. The Morgan fingerprint density at radius 2 is 1.90 bits per heavy atom. The molecule has 0 unspecified atom stereocenters. The van der Waals surface area contributed by atoms with Crippen LogP contribution >= 0.6 is 0 Å². The van der Waals surface area contributed by atoms with Crippen LogP contribution in [0.1, 0.15) is 23.1 Å². The molecule has 0 bridgehead atoms. The van der Waals surface area contributed by atoms with Crippen molar-refractivity contribution in [3.63, 3.8) is 0 Å². The van der Waals surface area contributed by atoms with Gasteiger partial charge in [-0.1, -0.05) is 48.5 Å². The maximum atomic E-state index is 12.5. The van der Waals surface area contributed by atoms with E-state index in [1.54, 1.807) is 0 Å². The maximum Gasteiger partial charge on any atom is 0.225 e. The molecular weight excluding hydrogens is 362 g/mol. The van der Waals surface area contributed by atoms with Crippen molar-refractivity contribution in [2.24, 2.45) is 0 Å². The number of hydrogen-bond acceptors (Lipinski definition) is 4. The minimum atomic E-state index is -0.176. The molecule has 0 fully saturated rings. The Morgan fingerprint density at radius 1 is 1.14 bits per heavy atom. The van der Waals surface area contributed by atoms with Gasteiger partial charge in [-0.3, -0.25) is 4.79 Å². The Balaban J connectivity index is 1.62. The number of fused-ring (bicyclic) bond motifs is 1. The summed E-state index contributed by atoms with van der Waals surface area (Å²) in [4.78, 5) is 17.2. The van der Waals surface area contributed by atoms with Crippen molar-refractivity contribution >= 4 is 22.6 Å². The average Bonchev–Trinajstić information content (AvgIpc) is 3.15. The first-order valence-electron chi connectivity index (χ1n) is 9.34. The first-order chi connectivity index (χ1) is 14.2. The molecule has 2 aromatic heterocycles. The van der Waals surface area contributed by atoms with E-state index in [2.05, 4.69) is 21.5 Å². The molecule has 2 heterocycles. The van der Waals surface area contributed by atoms with Gasteiger partial charge in [0.25, 0.3) is 0 Å². The van der Waals surface area contributed by atoms with Crippen LogP contribution in [0.15, 0.2) is 66.9 Å². The van der Waals surface area contributed by atoms with Crippen LogP contribution in [0.5, 0.6) is 0 Å². The molecule has 0 radical (unpaired) electrons. The highest BCUT2D eigenvalue weighted by Crippen LogP contribution is 2.23. The fraction of sp³-hybridized carbons (Fsp3) is 0.130. The Hall–Kier alpha value is -3.98. The van der Waals surface area contributed by atoms with E-state index < -0.39 is 0 Å². The number of nitrogens with one attached hydrogen (secondary N) is 1. The normalized spacial score (nSPS) is 10.6. The van der Waals surface area contributed by atoms with E-state index in [1.807, 2.05) is 67.6 Å². The summed E-state index contributed by atoms with van der Waals surface area (Å²) in [5.41, 5.74) is 3.26. The maximum absolute atomic E-state index is 12.5. The molecule has 0 saturated heterocycles. The lowest BCUT2D eigenvalue weighted by Gasteiger charge is -2.11. The number of carbonyl (C=O) groups is 1. The zero-order valence-corrected chi connectivity index (χ0v) is 16.0. The first kappa shape index (κ1) is 18.4. The fourth-order valence-electron chi connectivity index (χ4n) is 3.26. The smallest absolute Gasteiger partial charge is 0.225 e. The molecule has 4 rings (SSSR count). The summed E-state index contributed by atoms with van der Waals surface area (Å²) in [6.07, 6.45) is 2.37. The molecule has 6 heteroatoms. The van der Waals surface area contributed by atoms with E-state index in [1.165, 1.54) is 10.9 Å². The van der Waals surface area contributed by atoms with Gasteiger partial charge < -0.3 is 5.32 Å². The van der Waals surface area contributed by atoms with E-state index in [9.17, 15) is 10.1 Å². The first-order valence-corrected chi connectivity index (χ1v) is 9.34. The molecule has 1 amide bonds. The second-order valence-corrected chi connectivity index (χ2v) is 6.78. The van der Waals surface area contributed by atoms with Crippen LogP contribution in [0.3, 0.4) is 0 Å². The van der Waals surface area contributed by atoms with Gasteiger partial charge in [-0.15, -0.1) is 0 Å². The van der Waals surface area contributed by atoms with Crippen LogP contribution in [0.4, 0.5) is 5.82 Å². The van der Waals surface area contributed by atoms with Crippen molar-refractivity contribution in [3.05, 3.63) is 83.6 Å². The molecule has 2 aromatic carbocycles. The quantitative estimate of drug-likeness (QED) is 0.562. The Bertz CT molecular complexity index is 1220. The summed E-state index contributed by atoms with van der Waals surface area (Å²) >= 11 is 0. The number of anilines is 1. The molecule has 4 aromatic rings. The minimum Gasteiger partial charge on any atom is -0.309 e. The van der Waals surface area contributed by atoms with E-state index in [0.29, 0.717) is 30.0 Å². The van der Waals surface area contributed by atoms with Crippen molar-refractivity contribution in [1.82, 2.24) is 14.8 Å². The topological polar surface area (TPSA) is 83.6 Å². The number of amides is 1. The van der Waals surface area contributed by atoms with E-state index in [0.717, 1.165) is 22.0 Å². The van der Waals surface area contributed by atoms with Gasteiger partial charge in [0, 0.05) is 11.8 Å². The zero-order valence-electron chi connectivity index (χ0n) is 16.0. The van der Waals surface area contributed by atoms with Crippen molar-refractivity contribution < 1.29 is 4.79 Å². The summed E-state index contributed by atoms with van der Waals surface area (Å²) < 4.78 is 1.51. The van der Waals surface area contributed by atoms with E-state index in [-0.39, 0.29) is 5.91 Å². The number of para-hydroxylation sites is 1. The van der Waals surface area contributed by atoms with Crippen LogP contribution in [0.2, 0.25) is 0 Å². The largest absolute Gasteiger partial charge is 0.309 e. The van der Waals surface area contributed by atoms with Gasteiger partial charge in [-0.25, -0.2) is 4.98 Å². The number of aryl methyl sites for hydroxylation is 2. The predicted octanol–water partition coefficient (Wildman–Crippen LogP) is 4.17. The minimum absolute atomic E-state index is 0.176. The molecule has 6 nitrogen and oxygen atoms in total. The van der Waals surface area contributed by atoms with Gasteiger partial charge in [0.2, 0.25) is 5.91 Å². The lowest BCUT2D eigenvalue weighted by atomic mass is 10.1. The molecule has 0 aliphatic heterocycles. The molecule has 29 heavy (non-hydrogen) atoms. The fourth-order valence-corrected chi connectivity index (χ4v) is 3.26. The monoisotopic (exact) mass is 381 g/mol. The third-order valence-electron chi connectivity index (χ3n) is 4.76. The summed E-state index contributed by atoms with van der Waals surface area (Å²) in [7, 11) is 0. The van der Waals surface area contributed by atoms with Crippen molar-refractivity contribution in [1.29, 1.82) is 5.26 Å².